The highest BCUT2D eigenvalue weighted by molar-refractivity contribution is 6.08. The number of fused-ring (bicyclic) bond motifs is 2. The van der Waals surface area contributed by atoms with E-state index in [4.69, 9.17) is 20.4 Å². The lowest BCUT2D eigenvalue weighted by atomic mass is 9.98. The van der Waals surface area contributed by atoms with Crippen molar-refractivity contribution in [1.29, 1.82) is 0 Å². The summed E-state index contributed by atoms with van der Waals surface area (Å²) < 4.78 is 7.21. The van der Waals surface area contributed by atoms with E-state index in [1.807, 2.05) is 28.8 Å². The third-order valence-electron chi connectivity index (χ3n) is 5.31. The van der Waals surface area contributed by atoms with Crippen LogP contribution in [0.3, 0.4) is 0 Å². The largest absolute Gasteiger partial charge is 0.462 e. The average molecular weight is 383 g/mol. The van der Waals surface area contributed by atoms with E-state index in [0.717, 1.165) is 30.4 Å². The molecule has 2 heterocycles. The van der Waals surface area contributed by atoms with Crippen LogP contribution in [0.1, 0.15) is 63.2 Å². The van der Waals surface area contributed by atoms with Crippen molar-refractivity contribution in [3.05, 3.63) is 29.8 Å². The number of nitrogens with zero attached hydrogens (tertiary/aromatic N) is 3. The van der Waals surface area contributed by atoms with Gasteiger partial charge in [-0.15, -0.1) is 0 Å². The van der Waals surface area contributed by atoms with Gasteiger partial charge in [0, 0.05) is 6.54 Å². The number of anilines is 1. The van der Waals surface area contributed by atoms with E-state index < -0.39 is 5.97 Å². The van der Waals surface area contributed by atoms with E-state index in [2.05, 4.69) is 13.8 Å². The van der Waals surface area contributed by atoms with Gasteiger partial charge < -0.3 is 15.0 Å². The number of unbranched alkanes of at least 4 members (excludes halogenated alkanes) is 2. The Labute approximate surface area is 166 Å². The van der Waals surface area contributed by atoms with Crippen molar-refractivity contribution in [3.63, 3.8) is 0 Å². The molecule has 0 saturated heterocycles. The van der Waals surface area contributed by atoms with Crippen LogP contribution in [0.15, 0.2) is 24.3 Å². The Kier molecular flexibility index (Phi) is 6.49. The van der Waals surface area contributed by atoms with Crippen LogP contribution < -0.4 is 5.73 Å². The number of esters is 1. The number of para-hydroxylation sites is 2. The molecule has 1 atom stereocenters. The van der Waals surface area contributed by atoms with E-state index in [-0.39, 0.29) is 0 Å². The van der Waals surface area contributed by atoms with Crippen LogP contribution in [0.25, 0.3) is 22.2 Å². The zero-order chi connectivity index (χ0) is 20.1. The monoisotopic (exact) mass is 382 g/mol. The number of rotatable bonds is 9. The quantitative estimate of drug-likeness (QED) is 0.418. The van der Waals surface area contributed by atoms with Crippen LogP contribution in [0.4, 0.5) is 5.82 Å². The first kappa shape index (κ1) is 20.1. The molecule has 6 heteroatoms. The standard InChI is InChI=1S/C22H30N4O2/c1-4-7-8-11-15(5-2)14-26-20(23)18(22(27)28-6-3)19-21(26)25-17-13-10-9-12-16(17)24-19/h9-10,12-13,15H,4-8,11,14,23H2,1-3H3/t15-/m0/s1. The first-order valence-electron chi connectivity index (χ1n) is 10.3. The molecule has 0 amide bonds. The maximum absolute atomic E-state index is 12.6. The minimum absolute atomic E-state index is 0.292. The van der Waals surface area contributed by atoms with Crippen molar-refractivity contribution in [2.24, 2.45) is 5.92 Å². The van der Waals surface area contributed by atoms with Gasteiger partial charge in [0.1, 0.15) is 16.9 Å². The molecule has 1 aromatic carbocycles. The van der Waals surface area contributed by atoms with Crippen LogP contribution in [-0.2, 0) is 11.3 Å². The second kappa shape index (κ2) is 9.04. The Morgan fingerprint density at radius 3 is 2.50 bits per heavy atom. The molecule has 0 unspecified atom stereocenters. The van der Waals surface area contributed by atoms with Crippen molar-refractivity contribution in [3.8, 4) is 0 Å². The van der Waals surface area contributed by atoms with Crippen LogP contribution in [0.5, 0.6) is 0 Å². The summed E-state index contributed by atoms with van der Waals surface area (Å²) >= 11 is 0. The van der Waals surface area contributed by atoms with Gasteiger partial charge in [0.2, 0.25) is 0 Å². The van der Waals surface area contributed by atoms with Gasteiger partial charge in [0.05, 0.1) is 17.6 Å². The fourth-order valence-electron chi connectivity index (χ4n) is 3.67. The third kappa shape index (κ3) is 3.96. The van der Waals surface area contributed by atoms with Crippen LogP contribution in [0.2, 0.25) is 0 Å². The van der Waals surface area contributed by atoms with E-state index in [9.17, 15) is 4.79 Å². The fourth-order valence-corrected chi connectivity index (χ4v) is 3.67. The molecule has 0 aliphatic rings. The normalized spacial score (nSPS) is 12.5. The summed E-state index contributed by atoms with van der Waals surface area (Å²) in [6.07, 6.45) is 5.83. The lowest BCUT2D eigenvalue weighted by molar-refractivity contribution is 0.0529. The number of benzene rings is 1. The second-order valence-electron chi connectivity index (χ2n) is 7.25. The molecule has 0 fully saturated rings. The Balaban J connectivity index is 2.10. The van der Waals surface area contributed by atoms with Crippen molar-refractivity contribution in [2.75, 3.05) is 12.3 Å². The second-order valence-corrected chi connectivity index (χ2v) is 7.25. The molecule has 0 radical (unpaired) electrons. The van der Waals surface area contributed by atoms with Crippen LogP contribution in [-0.4, -0.2) is 27.1 Å². The van der Waals surface area contributed by atoms with E-state index in [0.29, 0.717) is 35.1 Å². The van der Waals surface area contributed by atoms with Gasteiger partial charge in [-0.2, -0.15) is 0 Å². The zero-order valence-corrected chi connectivity index (χ0v) is 17.1. The molecule has 150 valence electrons. The van der Waals surface area contributed by atoms with E-state index in [1.54, 1.807) is 6.92 Å². The average Bonchev–Trinajstić information content (AvgIpc) is 2.96. The Hall–Kier alpha value is -2.63. The predicted octanol–water partition coefficient (Wildman–Crippen LogP) is 4.95. The summed E-state index contributed by atoms with van der Waals surface area (Å²) in [5, 5.41) is 0. The summed E-state index contributed by atoms with van der Waals surface area (Å²) in [5.41, 5.74) is 9.51. The van der Waals surface area contributed by atoms with Gasteiger partial charge in [-0.25, -0.2) is 14.8 Å². The predicted molar refractivity (Wildman–Crippen MR) is 113 cm³/mol. The summed E-state index contributed by atoms with van der Waals surface area (Å²) in [7, 11) is 0. The first-order valence-corrected chi connectivity index (χ1v) is 10.3. The van der Waals surface area contributed by atoms with Crippen molar-refractivity contribution >= 4 is 34.0 Å². The minimum Gasteiger partial charge on any atom is -0.462 e. The van der Waals surface area contributed by atoms with E-state index >= 15 is 0 Å². The van der Waals surface area contributed by atoms with Gasteiger partial charge in [-0.3, -0.25) is 0 Å². The van der Waals surface area contributed by atoms with Gasteiger partial charge >= 0.3 is 5.97 Å². The number of nitrogen functional groups attached to an aromatic ring is 1. The summed E-state index contributed by atoms with van der Waals surface area (Å²) in [5.74, 6) is 0.442. The summed E-state index contributed by atoms with van der Waals surface area (Å²) in [6.45, 7) is 7.22. The minimum atomic E-state index is -0.438. The Morgan fingerprint density at radius 1 is 1.14 bits per heavy atom. The van der Waals surface area contributed by atoms with Crippen molar-refractivity contribution in [1.82, 2.24) is 14.5 Å². The number of hydrogen-bond acceptors (Lipinski definition) is 5. The fraction of sp³-hybridized carbons (Fsp3) is 0.500. The molecule has 6 nitrogen and oxygen atoms in total. The van der Waals surface area contributed by atoms with Crippen molar-refractivity contribution in [2.45, 2.75) is 59.4 Å². The molecular formula is C22H30N4O2. The zero-order valence-electron chi connectivity index (χ0n) is 17.1. The maximum Gasteiger partial charge on any atom is 0.344 e. The number of ether oxygens (including phenoxy) is 1. The van der Waals surface area contributed by atoms with Gasteiger partial charge in [-0.1, -0.05) is 51.7 Å². The first-order chi connectivity index (χ1) is 13.6. The Morgan fingerprint density at radius 2 is 1.86 bits per heavy atom. The van der Waals surface area contributed by atoms with E-state index in [1.165, 1.54) is 19.3 Å². The molecule has 3 rings (SSSR count). The molecule has 2 aromatic heterocycles. The van der Waals surface area contributed by atoms with Crippen LogP contribution in [0, 0.1) is 5.92 Å². The molecule has 3 aromatic rings. The number of nitrogens with two attached hydrogens (primary N) is 1. The summed E-state index contributed by atoms with van der Waals surface area (Å²) in [4.78, 5) is 22.1. The highest BCUT2D eigenvalue weighted by atomic mass is 16.5. The number of carbonyl (C=O) groups is 1. The van der Waals surface area contributed by atoms with Gasteiger partial charge in [0.25, 0.3) is 0 Å². The molecule has 0 bridgehead atoms. The molecule has 28 heavy (non-hydrogen) atoms. The summed E-state index contributed by atoms with van der Waals surface area (Å²) in [6, 6.07) is 7.67. The molecule has 0 saturated carbocycles. The highest BCUT2D eigenvalue weighted by Gasteiger charge is 2.26. The SMILES string of the molecule is CCCCC[C@H](CC)Cn1c(N)c(C(=O)OCC)c2nc3ccccc3nc21. The van der Waals surface area contributed by atoms with Gasteiger partial charge in [-0.05, 0) is 31.4 Å². The highest BCUT2D eigenvalue weighted by Crippen LogP contribution is 2.30. The topological polar surface area (TPSA) is 83.0 Å². The molecule has 0 aliphatic carbocycles. The van der Waals surface area contributed by atoms with Gasteiger partial charge in [0.15, 0.2) is 5.65 Å². The van der Waals surface area contributed by atoms with Crippen molar-refractivity contribution < 1.29 is 9.53 Å². The lowest BCUT2D eigenvalue weighted by Crippen LogP contribution is -2.14. The maximum atomic E-state index is 12.6. The molecular weight excluding hydrogens is 352 g/mol. The third-order valence-corrected chi connectivity index (χ3v) is 5.31. The lowest BCUT2D eigenvalue weighted by Gasteiger charge is -2.17. The molecule has 2 N–H and O–H groups in total. The smallest absolute Gasteiger partial charge is 0.344 e. The number of carbonyl (C=O) groups excluding carboxylic acids is 1. The molecule has 0 spiro atoms. The number of aromatic nitrogens is 3. The Bertz CT molecular complexity index is 964. The molecule has 0 aliphatic heterocycles. The number of hydrogen-bond donors (Lipinski definition) is 1. The van der Waals surface area contributed by atoms with Crippen LogP contribution >= 0.6 is 0 Å².